The van der Waals surface area contributed by atoms with Gasteiger partial charge in [0.15, 0.2) is 0 Å². The van der Waals surface area contributed by atoms with E-state index in [4.69, 9.17) is 29.9 Å². The number of aromatic nitrogens is 6. The summed E-state index contributed by atoms with van der Waals surface area (Å²) in [5, 5.41) is 15.2. The number of rotatable bonds is 33. The van der Waals surface area contributed by atoms with E-state index in [0.717, 1.165) is 102 Å². The highest BCUT2D eigenvalue weighted by Crippen LogP contribution is 2.32. The van der Waals surface area contributed by atoms with Crippen LogP contribution in [0.15, 0.2) is 50.6 Å². The highest BCUT2D eigenvalue weighted by atomic mass is 15.4. The normalized spacial score (nSPS) is 17.5. The van der Waals surface area contributed by atoms with E-state index in [9.17, 15) is 0 Å². The third kappa shape index (κ3) is 19.2. The Balaban J connectivity index is 1.55. The lowest BCUT2D eigenvalue weighted by molar-refractivity contribution is 0.170. The Morgan fingerprint density at radius 3 is 0.956 bits per heavy atom. The van der Waals surface area contributed by atoms with Crippen LogP contribution in [0.2, 0.25) is 0 Å². The number of hydrogen-bond acceptors (Lipinski definition) is 14. The molecule has 2 aromatic heterocycles. The Kier molecular flexibility index (Phi) is 22.5. The molecule has 0 aliphatic carbocycles. The topological polar surface area (TPSA) is 138 Å². The molecule has 0 aromatic carbocycles. The molecule has 0 saturated carbocycles. The highest BCUT2D eigenvalue weighted by molar-refractivity contribution is 5.48. The largest absolute Gasteiger partial charge is 0.351 e. The Labute approximate surface area is 414 Å². The number of nitrogens with one attached hydrogen (secondary N) is 4. The maximum Gasteiger partial charge on any atom is 0.232 e. The summed E-state index contributed by atoms with van der Waals surface area (Å²) in [6, 6.07) is 0.445. The van der Waals surface area contributed by atoms with Gasteiger partial charge in [-0.3, -0.25) is 0 Å². The second-order valence-corrected chi connectivity index (χ2v) is 22.3. The molecule has 2 aliphatic rings. The van der Waals surface area contributed by atoms with Crippen molar-refractivity contribution in [1.82, 2.24) is 40.5 Å². The van der Waals surface area contributed by atoms with Crippen molar-refractivity contribution in [2.45, 2.75) is 206 Å². The molecule has 68 heavy (non-hydrogen) atoms. The van der Waals surface area contributed by atoms with Gasteiger partial charge in [-0.05, 0) is 107 Å². The molecule has 0 spiro atoms. The van der Waals surface area contributed by atoms with Crippen LogP contribution in [0, 0.1) is 0 Å². The number of piperidine rings is 2. The van der Waals surface area contributed by atoms with Crippen LogP contribution in [0.25, 0.3) is 0 Å². The second-order valence-electron chi connectivity index (χ2n) is 22.3. The minimum Gasteiger partial charge on any atom is -0.351 e. The van der Waals surface area contributed by atoms with Gasteiger partial charge in [0.25, 0.3) is 0 Å². The van der Waals surface area contributed by atoms with Crippen LogP contribution < -0.4 is 40.9 Å². The predicted octanol–water partition coefficient (Wildman–Crippen LogP) is 10.9. The van der Waals surface area contributed by atoms with E-state index in [2.05, 4.69) is 136 Å². The molecule has 4 N–H and O–H groups in total. The summed E-state index contributed by atoms with van der Waals surface area (Å²) in [7, 11) is 0. The fraction of sp³-hybridized carbons (Fsp3) is 0.741. The summed E-state index contributed by atoms with van der Waals surface area (Å²) in [6.45, 7) is 45.0. The van der Waals surface area contributed by atoms with E-state index in [0.29, 0.717) is 50.0 Å². The molecule has 2 saturated heterocycles. The zero-order valence-corrected chi connectivity index (χ0v) is 44.7. The van der Waals surface area contributed by atoms with Gasteiger partial charge in [-0.15, -0.1) is 26.3 Å². The van der Waals surface area contributed by atoms with Crippen LogP contribution in [0.3, 0.4) is 0 Å². The molecule has 2 aromatic rings. The first kappa shape index (κ1) is 56.3. The first-order valence-electron chi connectivity index (χ1n) is 26.4. The highest BCUT2D eigenvalue weighted by Gasteiger charge is 2.39. The van der Waals surface area contributed by atoms with Crippen LogP contribution in [0.4, 0.5) is 35.7 Å². The van der Waals surface area contributed by atoms with Crippen LogP contribution in [0.1, 0.15) is 172 Å². The molecule has 2 fully saturated rings. The van der Waals surface area contributed by atoms with Gasteiger partial charge in [0.05, 0.1) is 0 Å². The first-order valence-corrected chi connectivity index (χ1v) is 26.4. The van der Waals surface area contributed by atoms with Gasteiger partial charge in [0, 0.05) is 86.6 Å². The van der Waals surface area contributed by atoms with E-state index in [-0.39, 0.29) is 34.2 Å². The minimum atomic E-state index is -0.0123. The van der Waals surface area contributed by atoms with Crippen molar-refractivity contribution < 1.29 is 0 Å². The molecular weight excluding hydrogens is 845 g/mol. The third-order valence-corrected chi connectivity index (χ3v) is 13.0. The quantitative estimate of drug-likeness (QED) is 0.0399. The van der Waals surface area contributed by atoms with E-state index in [1.165, 1.54) is 38.5 Å². The van der Waals surface area contributed by atoms with Crippen molar-refractivity contribution in [3.63, 3.8) is 0 Å². The van der Waals surface area contributed by atoms with Gasteiger partial charge in [0.2, 0.25) is 35.7 Å². The van der Waals surface area contributed by atoms with Crippen molar-refractivity contribution in [3.05, 3.63) is 50.6 Å². The number of anilines is 6. The van der Waals surface area contributed by atoms with Crippen LogP contribution in [0.5, 0.6) is 0 Å². The molecule has 4 heterocycles. The summed E-state index contributed by atoms with van der Waals surface area (Å²) in [6.07, 6.45) is 25.2. The van der Waals surface area contributed by atoms with Gasteiger partial charge in [-0.2, -0.15) is 29.9 Å². The molecule has 0 amide bonds. The molecule has 0 atom stereocenters. The molecule has 0 unspecified atom stereocenters. The summed E-state index contributed by atoms with van der Waals surface area (Å²) in [4.78, 5) is 39.8. The molecule has 0 radical (unpaired) electrons. The molecule has 14 heteroatoms. The maximum atomic E-state index is 5.18. The summed E-state index contributed by atoms with van der Waals surface area (Å²) in [5.41, 5.74) is -0.0492. The lowest BCUT2D eigenvalue weighted by Crippen LogP contribution is -2.60. The van der Waals surface area contributed by atoms with Gasteiger partial charge in [0.1, 0.15) is 0 Å². The van der Waals surface area contributed by atoms with Crippen molar-refractivity contribution in [2.75, 3.05) is 82.6 Å². The SMILES string of the molecule is C=CCN(CC=C)c1nc(NC2CC(C)(C)NC(C)(C)C2)nc(N(CCCCCC)CCCCCCN(CCCCCC)c2nc(NC3CC(C)(C)NC(C)(C)C3)nc(N(CC=C)CC=C)n2)n1. The Hall–Kier alpha value is -4.30. The van der Waals surface area contributed by atoms with E-state index in [1.54, 1.807) is 0 Å². The Morgan fingerprint density at radius 1 is 0.426 bits per heavy atom. The molecule has 4 rings (SSSR count). The maximum absolute atomic E-state index is 5.18. The lowest BCUT2D eigenvalue weighted by atomic mass is 9.79. The fourth-order valence-electron chi connectivity index (χ4n) is 10.8. The summed E-state index contributed by atoms with van der Waals surface area (Å²) in [5.74, 6) is 4.07. The van der Waals surface area contributed by atoms with Crippen molar-refractivity contribution in [1.29, 1.82) is 0 Å². The average molecular weight is 941 g/mol. The van der Waals surface area contributed by atoms with Crippen molar-refractivity contribution in [2.24, 2.45) is 0 Å². The standard InChI is InChI=1S/C54H96N14/c1-15-21-23-27-35-67(49-59-45(57-47(61-49)65(31-17-3)32-18-4)55-43-39-51(7,8)63-52(9,10)40-43)37-29-25-26-30-38-68(36-28-24-22-16-2)50-60-46(58-48(62-50)66(33-19-5)34-20-6)56-44-41-53(11,12)64-54(13,14)42-44/h17-20,43-44,63-64H,3-6,15-16,21-42H2,1-2,7-14H3,(H,55,57,59,61)(H,56,58,60,62). The predicted molar refractivity (Wildman–Crippen MR) is 292 cm³/mol. The summed E-state index contributed by atoms with van der Waals surface area (Å²) < 4.78 is 0. The number of hydrogen-bond donors (Lipinski definition) is 4. The molecule has 14 nitrogen and oxygen atoms in total. The van der Waals surface area contributed by atoms with E-state index in [1.807, 2.05) is 24.3 Å². The van der Waals surface area contributed by atoms with Crippen molar-refractivity contribution in [3.8, 4) is 0 Å². The van der Waals surface area contributed by atoms with Crippen molar-refractivity contribution >= 4 is 35.7 Å². The lowest BCUT2D eigenvalue weighted by Gasteiger charge is -2.46. The molecule has 2 aliphatic heterocycles. The second kappa shape index (κ2) is 27.2. The monoisotopic (exact) mass is 941 g/mol. The smallest absolute Gasteiger partial charge is 0.232 e. The van der Waals surface area contributed by atoms with Gasteiger partial charge >= 0.3 is 0 Å². The van der Waals surface area contributed by atoms with E-state index < -0.39 is 0 Å². The molecule has 382 valence electrons. The average Bonchev–Trinajstić information content (AvgIpc) is 3.23. The van der Waals surface area contributed by atoms with Crippen LogP contribution >= 0.6 is 0 Å². The summed E-state index contributed by atoms with van der Waals surface area (Å²) >= 11 is 0. The fourth-order valence-corrected chi connectivity index (χ4v) is 10.8. The van der Waals surface area contributed by atoms with Gasteiger partial charge in [-0.1, -0.05) is 89.5 Å². The molecular formula is C54H96N14. The molecule has 0 bridgehead atoms. The van der Waals surface area contributed by atoms with E-state index >= 15 is 0 Å². The number of unbranched alkanes of at least 4 members (excludes halogenated alkanes) is 9. The third-order valence-electron chi connectivity index (χ3n) is 13.0. The zero-order valence-electron chi connectivity index (χ0n) is 44.7. The number of nitrogens with zero attached hydrogens (tertiary/aromatic N) is 10. The van der Waals surface area contributed by atoms with Crippen LogP contribution in [-0.4, -0.2) is 117 Å². The first-order chi connectivity index (χ1) is 32.3. The van der Waals surface area contributed by atoms with Gasteiger partial charge < -0.3 is 40.9 Å². The van der Waals surface area contributed by atoms with Gasteiger partial charge in [-0.25, -0.2) is 0 Å². The zero-order chi connectivity index (χ0) is 49.8. The Bertz CT molecular complexity index is 1660. The Morgan fingerprint density at radius 2 is 0.691 bits per heavy atom. The van der Waals surface area contributed by atoms with Crippen LogP contribution in [-0.2, 0) is 0 Å². The minimum absolute atomic E-state index is 0.0123.